The maximum Gasteiger partial charge on any atom is 0.409 e. The summed E-state index contributed by atoms with van der Waals surface area (Å²) in [7, 11) is -3.74. The number of amides is 1. The number of nitrogens with one attached hydrogen (secondary N) is 1. The lowest BCUT2D eigenvalue weighted by Crippen LogP contribution is -2.26. The molecule has 45 heavy (non-hydrogen) atoms. The van der Waals surface area contributed by atoms with Gasteiger partial charge in [-0.3, -0.25) is 14.4 Å². The van der Waals surface area contributed by atoms with Crippen LogP contribution in [0.4, 0.5) is 16.2 Å². The molecule has 10 nitrogen and oxygen atoms in total. The fourth-order valence-corrected chi connectivity index (χ4v) is 6.89. The molecule has 0 unspecified atom stereocenters. The zero-order valence-electron chi connectivity index (χ0n) is 23.7. The zero-order valence-corrected chi connectivity index (χ0v) is 25.3. The van der Waals surface area contributed by atoms with E-state index in [1.165, 1.54) is 12.1 Å². The van der Waals surface area contributed by atoms with Crippen molar-refractivity contribution in [2.45, 2.75) is 19.6 Å². The number of ether oxygens (including phenoxy) is 2. The number of hydrogen-bond donors (Lipinski definition) is 2. The Kier molecular flexibility index (Phi) is 8.38. The van der Waals surface area contributed by atoms with Gasteiger partial charge in [0.25, 0.3) is 0 Å². The number of hydrogen-bond acceptors (Lipinski definition) is 7. The molecule has 1 aliphatic rings. The molecular weight excluding hydrogens is 620 g/mol. The highest BCUT2D eigenvalue weighted by atomic mass is 35.5. The van der Waals surface area contributed by atoms with Gasteiger partial charge in [-0.15, -0.1) is 0 Å². The van der Waals surface area contributed by atoms with E-state index >= 15 is 0 Å². The van der Waals surface area contributed by atoms with E-state index in [0.29, 0.717) is 17.7 Å². The molecule has 12 heteroatoms. The van der Waals surface area contributed by atoms with Gasteiger partial charge in [-0.2, -0.15) is 0 Å². The van der Waals surface area contributed by atoms with Crippen molar-refractivity contribution < 1.29 is 32.2 Å². The van der Waals surface area contributed by atoms with Gasteiger partial charge < -0.3 is 19.0 Å². The third kappa shape index (κ3) is 6.45. The number of carbonyl (C=O) groups is 1. The first-order chi connectivity index (χ1) is 21.7. The van der Waals surface area contributed by atoms with Crippen molar-refractivity contribution >= 4 is 50.1 Å². The summed E-state index contributed by atoms with van der Waals surface area (Å²) in [6, 6.07) is 26.3. The highest BCUT2D eigenvalue weighted by Gasteiger charge is 2.32. The molecule has 2 heterocycles. The first-order valence-corrected chi connectivity index (χ1v) is 16.0. The van der Waals surface area contributed by atoms with Crippen molar-refractivity contribution in [1.29, 1.82) is 0 Å². The van der Waals surface area contributed by atoms with Crippen molar-refractivity contribution in [3.05, 3.63) is 117 Å². The standard InChI is InChI=1S/C33H27ClN2O8S/c34-26-16-23(12-13-28(26)42-19-21-8-3-1-4-9-21)30-32(43-20-22-10-5-2-6-11-22)29(37)25-17-24(35-33(38)39)18-27(31(25)44-30)36-14-7-15-45(36,40)41/h1-6,8-13,16-18,35H,7,14-15,19-20H2,(H,38,39). The topological polar surface area (TPSA) is 135 Å². The minimum absolute atomic E-state index is 0.00382. The lowest BCUT2D eigenvalue weighted by molar-refractivity contribution is 0.209. The Balaban J connectivity index is 1.50. The molecular formula is C33H27ClN2O8S. The lowest BCUT2D eigenvalue weighted by atomic mass is 10.1. The molecule has 230 valence electrons. The predicted molar refractivity (Wildman–Crippen MR) is 172 cm³/mol. The molecule has 4 aromatic carbocycles. The van der Waals surface area contributed by atoms with Gasteiger partial charge in [0, 0.05) is 17.8 Å². The summed E-state index contributed by atoms with van der Waals surface area (Å²) < 4.78 is 45.4. The van der Waals surface area contributed by atoms with Gasteiger partial charge in [0.05, 0.1) is 21.8 Å². The van der Waals surface area contributed by atoms with Crippen LogP contribution in [0.25, 0.3) is 22.3 Å². The number of benzene rings is 4. The van der Waals surface area contributed by atoms with Crippen LogP contribution >= 0.6 is 11.6 Å². The van der Waals surface area contributed by atoms with E-state index in [9.17, 15) is 23.1 Å². The summed E-state index contributed by atoms with van der Waals surface area (Å²) in [6.07, 6.45) is -1.02. The number of nitrogens with zero attached hydrogens (tertiary/aromatic N) is 1. The molecule has 0 saturated carbocycles. The van der Waals surface area contributed by atoms with Crippen LogP contribution in [0.5, 0.6) is 11.5 Å². The van der Waals surface area contributed by atoms with Crippen molar-refractivity contribution in [3.63, 3.8) is 0 Å². The molecule has 0 radical (unpaired) electrons. The fraction of sp³-hybridized carbons (Fsp3) is 0.152. The second kappa shape index (κ2) is 12.5. The molecule has 6 rings (SSSR count). The normalized spacial score (nSPS) is 13.9. The van der Waals surface area contributed by atoms with Crippen LogP contribution in [0.2, 0.25) is 5.02 Å². The molecule has 0 bridgehead atoms. The lowest BCUT2D eigenvalue weighted by Gasteiger charge is -2.21. The van der Waals surface area contributed by atoms with Gasteiger partial charge in [0.15, 0.2) is 11.3 Å². The zero-order chi connectivity index (χ0) is 31.6. The van der Waals surface area contributed by atoms with E-state index in [4.69, 9.17) is 25.5 Å². The fourth-order valence-electron chi connectivity index (χ4n) is 5.10. The summed E-state index contributed by atoms with van der Waals surface area (Å²) >= 11 is 6.63. The van der Waals surface area contributed by atoms with E-state index < -0.39 is 21.5 Å². The molecule has 1 aliphatic heterocycles. The first kappa shape index (κ1) is 30.0. The van der Waals surface area contributed by atoms with Gasteiger partial charge in [0.2, 0.25) is 21.2 Å². The number of fused-ring (bicyclic) bond motifs is 1. The van der Waals surface area contributed by atoms with Crippen molar-refractivity contribution in [2.24, 2.45) is 0 Å². The van der Waals surface area contributed by atoms with Crippen LogP contribution in [0, 0.1) is 0 Å². The summed E-state index contributed by atoms with van der Waals surface area (Å²) in [5.74, 6) is 0.188. The number of sulfonamides is 1. The summed E-state index contributed by atoms with van der Waals surface area (Å²) in [6.45, 7) is 0.450. The predicted octanol–water partition coefficient (Wildman–Crippen LogP) is 6.90. The SMILES string of the molecule is O=C(O)Nc1cc(N2CCCS2(=O)=O)c2oc(-c3ccc(OCc4ccccc4)c(Cl)c3)c(OCc3ccccc3)c(=O)c2c1. The quantitative estimate of drug-likeness (QED) is 0.177. The van der Waals surface area contributed by atoms with Gasteiger partial charge in [-0.05, 0) is 47.9 Å². The van der Waals surface area contributed by atoms with Crippen molar-refractivity contribution in [2.75, 3.05) is 21.9 Å². The molecule has 1 aromatic heterocycles. The highest BCUT2D eigenvalue weighted by Crippen LogP contribution is 2.40. The molecule has 1 fully saturated rings. The van der Waals surface area contributed by atoms with Gasteiger partial charge >= 0.3 is 6.09 Å². The number of halogens is 1. The summed E-state index contributed by atoms with van der Waals surface area (Å²) in [5, 5.41) is 11.8. The second-order valence-corrected chi connectivity index (χ2v) is 12.7. The third-order valence-electron chi connectivity index (χ3n) is 7.21. The van der Waals surface area contributed by atoms with Crippen molar-refractivity contribution in [1.82, 2.24) is 0 Å². The Bertz CT molecular complexity index is 2050. The van der Waals surface area contributed by atoms with E-state index in [0.717, 1.165) is 15.4 Å². The van der Waals surface area contributed by atoms with Crippen LogP contribution < -0.4 is 24.5 Å². The molecule has 1 saturated heterocycles. The Labute approximate surface area is 263 Å². The molecule has 5 aromatic rings. The Morgan fingerprint density at radius 3 is 2.20 bits per heavy atom. The molecule has 1 amide bonds. The minimum Gasteiger partial charge on any atom is -0.487 e. The second-order valence-electron chi connectivity index (χ2n) is 10.3. The van der Waals surface area contributed by atoms with Crippen LogP contribution in [0.3, 0.4) is 0 Å². The highest BCUT2D eigenvalue weighted by molar-refractivity contribution is 7.93. The van der Waals surface area contributed by atoms with Gasteiger partial charge in [-0.25, -0.2) is 13.2 Å². The largest absolute Gasteiger partial charge is 0.487 e. The molecule has 0 atom stereocenters. The average molecular weight is 647 g/mol. The smallest absolute Gasteiger partial charge is 0.409 e. The summed E-state index contributed by atoms with van der Waals surface area (Å²) in [5.41, 5.74) is 1.52. The van der Waals surface area contributed by atoms with Crippen LogP contribution in [-0.2, 0) is 23.2 Å². The maximum atomic E-state index is 14.1. The van der Waals surface area contributed by atoms with Gasteiger partial charge in [-0.1, -0.05) is 72.3 Å². The number of anilines is 2. The Morgan fingerprint density at radius 1 is 0.933 bits per heavy atom. The third-order valence-corrected chi connectivity index (χ3v) is 9.36. The van der Waals surface area contributed by atoms with E-state index in [1.54, 1.807) is 18.2 Å². The van der Waals surface area contributed by atoms with Crippen LogP contribution in [0.15, 0.2) is 100 Å². The van der Waals surface area contributed by atoms with E-state index in [1.807, 2.05) is 60.7 Å². The number of carboxylic acid groups (broad SMARTS) is 1. The number of rotatable bonds is 9. The molecule has 0 aliphatic carbocycles. The Morgan fingerprint density at radius 2 is 1.60 bits per heavy atom. The van der Waals surface area contributed by atoms with Crippen LogP contribution in [0.1, 0.15) is 17.5 Å². The summed E-state index contributed by atoms with van der Waals surface area (Å²) in [4.78, 5) is 25.6. The van der Waals surface area contributed by atoms with E-state index in [2.05, 4.69) is 5.32 Å². The first-order valence-electron chi connectivity index (χ1n) is 14.0. The molecule has 2 N–H and O–H groups in total. The van der Waals surface area contributed by atoms with Crippen molar-refractivity contribution in [3.8, 4) is 22.8 Å². The molecule has 0 spiro atoms. The van der Waals surface area contributed by atoms with Gasteiger partial charge in [0.1, 0.15) is 19.0 Å². The van der Waals surface area contributed by atoms with E-state index in [-0.39, 0.29) is 64.4 Å². The average Bonchev–Trinajstić information content (AvgIpc) is 3.39. The monoisotopic (exact) mass is 646 g/mol. The minimum atomic E-state index is -3.74. The maximum absolute atomic E-state index is 14.1. The Hall–Kier alpha value is -5.00. The van der Waals surface area contributed by atoms with Crippen LogP contribution in [-0.4, -0.2) is 31.9 Å².